The number of pyridine rings is 1. The summed E-state index contributed by atoms with van der Waals surface area (Å²) in [6, 6.07) is 8.10. The summed E-state index contributed by atoms with van der Waals surface area (Å²) in [6.07, 6.45) is 7.55. The highest BCUT2D eigenvalue weighted by Gasteiger charge is 2.10. The molecule has 2 nitrogen and oxygen atoms in total. The molecule has 0 aliphatic rings. The number of hydrogen-bond acceptors (Lipinski definition) is 2. The third kappa shape index (κ3) is 4.12. The maximum atomic E-state index is 9.05. The van der Waals surface area contributed by atoms with Gasteiger partial charge in [0.15, 0.2) is 0 Å². The van der Waals surface area contributed by atoms with E-state index in [9.17, 15) is 0 Å². The molecule has 0 aliphatic heterocycles. The fraction of sp³-hybridized carbons (Fsp3) is 0.538. The first-order valence-electron chi connectivity index (χ1n) is 5.69. The van der Waals surface area contributed by atoms with Crippen LogP contribution in [0.2, 0.25) is 0 Å². The van der Waals surface area contributed by atoms with Crippen LogP contribution in [-0.4, -0.2) is 4.98 Å². The molecule has 1 rings (SSSR count). The van der Waals surface area contributed by atoms with Crippen molar-refractivity contribution in [3.05, 3.63) is 30.1 Å². The van der Waals surface area contributed by atoms with E-state index in [-0.39, 0.29) is 5.92 Å². The second-order valence-corrected chi connectivity index (χ2v) is 3.79. The summed E-state index contributed by atoms with van der Waals surface area (Å²) in [5.74, 6) is -0.0249. The molecule has 15 heavy (non-hydrogen) atoms. The fourth-order valence-electron chi connectivity index (χ4n) is 1.64. The van der Waals surface area contributed by atoms with Gasteiger partial charge >= 0.3 is 0 Å². The molecule has 1 aromatic rings. The van der Waals surface area contributed by atoms with Crippen molar-refractivity contribution in [2.75, 3.05) is 0 Å². The number of nitriles is 1. The summed E-state index contributed by atoms with van der Waals surface area (Å²) in [4.78, 5) is 4.23. The smallest absolute Gasteiger partial charge is 0.0884 e. The minimum Gasteiger partial charge on any atom is -0.260 e. The Morgan fingerprint density at radius 1 is 1.33 bits per heavy atom. The third-order valence-corrected chi connectivity index (χ3v) is 2.55. The molecule has 0 fully saturated rings. The molecular formula is C13H18N2. The first-order chi connectivity index (χ1) is 7.38. The Morgan fingerprint density at radius 3 is 2.80 bits per heavy atom. The van der Waals surface area contributed by atoms with Gasteiger partial charge in [-0.15, -0.1) is 0 Å². The van der Waals surface area contributed by atoms with E-state index in [4.69, 9.17) is 5.26 Å². The molecule has 0 spiro atoms. The highest BCUT2D eigenvalue weighted by Crippen LogP contribution is 2.19. The molecule has 0 bridgehead atoms. The van der Waals surface area contributed by atoms with Gasteiger partial charge in [-0.2, -0.15) is 5.26 Å². The molecular weight excluding hydrogens is 184 g/mol. The van der Waals surface area contributed by atoms with Crippen molar-refractivity contribution >= 4 is 0 Å². The monoisotopic (exact) mass is 202 g/mol. The van der Waals surface area contributed by atoms with Gasteiger partial charge in [0.05, 0.1) is 17.7 Å². The minimum absolute atomic E-state index is 0.0249. The second-order valence-electron chi connectivity index (χ2n) is 3.79. The van der Waals surface area contributed by atoms with Crippen LogP contribution >= 0.6 is 0 Å². The molecule has 0 N–H and O–H groups in total. The first kappa shape index (κ1) is 11.7. The van der Waals surface area contributed by atoms with Gasteiger partial charge < -0.3 is 0 Å². The van der Waals surface area contributed by atoms with Crippen molar-refractivity contribution in [3.8, 4) is 6.07 Å². The predicted octanol–water partition coefficient (Wildman–Crippen LogP) is 3.66. The Hall–Kier alpha value is -1.36. The molecule has 0 radical (unpaired) electrons. The zero-order chi connectivity index (χ0) is 10.9. The average molecular weight is 202 g/mol. The van der Waals surface area contributed by atoms with Gasteiger partial charge in [-0.05, 0) is 18.6 Å². The Morgan fingerprint density at radius 2 is 2.20 bits per heavy atom. The lowest BCUT2D eigenvalue weighted by molar-refractivity contribution is 0.602. The third-order valence-electron chi connectivity index (χ3n) is 2.55. The summed E-state index contributed by atoms with van der Waals surface area (Å²) in [5.41, 5.74) is 0.913. The van der Waals surface area contributed by atoms with Crippen LogP contribution in [0.1, 0.15) is 50.6 Å². The van der Waals surface area contributed by atoms with Crippen molar-refractivity contribution in [1.82, 2.24) is 4.98 Å². The van der Waals surface area contributed by atoms with Gasteiger partial charge in [-0.25, -0.2) is 0 Å². The molecule has 0 aliphatic carbocycles. The highest BCUT2D eigenvalue weighted by atomic mass is 14.7. The van der Waals surface area contributed by atoms with E-state index in [0.29, 0.717) is 0 Å². The molecule has 0 amide bonds. The van der Waals surface area contributed by atoms with Crippen molar-refractivity contribution < 1.29 is 0 Å². The molecule has 0 aromatic carbocycles. The number of hydrogen-bond donors (Lipinski definition) is 0. The summed E-state index contributed by atoms with van der Waals surface area (Å²) < 4.78 is 0. The Balaban J connectivity index is 2.41. The second kappa shape index (κ2) is 7.00. The van der Waals surface area contributed by atoms with Gasteiger partial charge in [0.2, 0.25) is 0 Å². The van der Waals surface area contributed by atoms with Gasteiger partial charge in [0, 0.05) is 6.20 Å². The van der Waals surface area contributed by atoms with Crippen molar-refractivity contribution in [3.63, 3.8) is 0 Å². The van der Waals surface area contributed by atoms with Crippen LogP contribution in [0.4, 0.5) is 0 Å². The lowest BCUT2D eigenvalue weighted by Crippen LogP contribution is -1.98. The average Bonchev–Trinajstić information content (AvgIpc) is 2.30. The topological polar surface area (TPSA) is 36.7 Å². The zero-order valence-corrected chi connectivity index (χ0v) is 9.32. The van der Waals surface area contributed by atoms with Crippen LogP contribution in [0.5, 0.6) is 0 Å². The standard InChI is InChI=1S/C13H18N2/c1-2-3-4-5-8-12(11-14)13-9-6-7-10-15-13/h6-7,9-10,12H,2-5,8H2,1H3. The van der Waals surface area contributed by atoms with E-state index in [0.717, 1.165) is 18.5 Å². The van der Waals surface area contributed by atoms with Crippen LogP contribution < -0.4 is 0 Å². The van der Waals surface area contributed by atoms with E-state index in [1.165, 1.54) is 19.3 Å². The fourth-order valence-corrected chi connectivity index (χ4v) is 1.64. The van der Waals surface area contributed by atoms with Crippen molar-refractivity contribution in [2.24, 2.45) is 0 Å². The number of nitrogens with zero attached hydrogens (tertiary/aromatic N) is 2. The summed E-state index contributed by atoms with van der Waals surface area (Å²) >= 11 is 0. The molecule has 0 saturated carbocycles. The van der Waals surface area contributed by atoms with E-state index < -0.39 is 0 Å². The maximum absolute atomic E-state index is 9.05. The van der Waals surface area contributed by atoms with E-state index in [1.807, 2.05) is 18.2 Å². The first-order valence-corrected chi connectivity index (χ1v) is 5.69. The summed E-state index contributed by atoms with van der Waals surface area (Å²) in [5, 5.41) is 9.05. The largest absolute Gasteiger partial charge is 0.260 e. The molecule has 1 unspecified atom stereocenters. The van der Waals surface area contributed by atoms with Gasteiger partial charge in [0.25, 0.3) is 0 Å². The van der Waals surface area contributed by atoms with Gasteiger partial charge in [-0.3, -0.25) is 4.98 Å². The van der Waals surface area contributed by atoms with Crippen LogP contribution in [0, 0.1) is 11.3 Å². The summed E-state index contributed by atoms with van der Waals surface area (Å²) in [7, 11) is 0. The van der Waals surface area contributed by atoms with E-state index >= 15 is 0 Å². The van der Waals surface area contributed by atoms with Crippen LogP contribution in [-0.2, 0) is 0 Å². The molecule has 80 valence electrons. The van der Waals surface area contributed by atoms with Crippen molar-refractivity contribution in [1.29, 1.82) is 5.26 Å². The lowest BCUT2D eigenvalue weighted by Gasteiger charge is -2.07. The normalized spacial score (nSPS) is 12.0. The van der Waals surface area contributed by atoms with Gasteiger partial charge in [-0.1, -0.05) is 38.7 Å². The predicted molar refractivity (Wildman–Crippen MR) is 61.4 cm³/mol. The highest BCUT2D eigenvalue weighted by molar-refractivity contribution is 5.16. The van der Waals surface area contributed by atoms with Crippen LogP contribution in [0.25, 0.3) is 0 Å². The van der Waals surface area contributed by atoms with Gasteiger partial charge in [0.1, 0.15) is 0 Å². The zero-order valence-electron chi connectivity index (χ0n) is 9.32. The van der Waals surface area contributed by atoms with Crippen LogP contribution in [0.3, 0.4) is 0 Å². The number of rotatable bonds is 6. The van der Waals surface area contributed by atoms with E-state index in [2.05, 4.69) is 18.0 Å². The summed E-state index contributed by atoms with van der Waals surface area (Å²) in [6.45, 7) is 2.19. The Kier molecular flexibility index (Phi) is 5.47. The molecule has 0 saturated heterocycles. The Bertz CT molecular complexity index is 300. The lowest BCUT2D eigenvalue weighted by atomic mass is 9.98. The molecule has 2 heteroatoms. The quantitative estimate of drug-likeness (QED) is 0.660. The number of unbranched alkanes of at least 4 members (excludes halogenated alkanes) is 3. The molecule has 1 aromatic heterocycles. The van der Waals surface area contributed by atoms with Crippen molar-refractivity contribution in [2.45, 2.75) is 44.9 Å². The minimum atomic E-state index is -0.0249. The van der Waals surface area contributed by atoms with E-state index in [1.54, 1.807) is 6.20 Å². The molecule has 1 atom stereocenters. The Labute approximate surface area is 92.0 Å². The van der Waals surface area contributed by atoms with Crippen LogP contribution in [0.15, 0.2) is 24.4 Å². The molecule has 1 heterocycles. The number of aromatic nitrogens is 1. The maximum Gasteiger partial charge on any atom is 0.0884 e. The SMILES string of the molecule is CCCCCCC(C#N)c1ccccn1.